The Hall–Kier alpha value is -3.02. The van der Waals surface area contributed by atoms with Crippen molar-refractivity contribution in [2.24, 2.45) is 21.1 Å². The molecular weight excluding hydrogens is 340 g/mol. The molecule has 3 aliphatic rings. The molecular formula is C21H22N4O2. The van der Waals surface area contributed by atoms with Crippen molar-refractivity contribution < 1.29 is 9.47 Å². The fourth-order valence-corrected chi connectivity index (χ4v) is 4.33. The number of benzene rings is 2. The van der Waals surface area contributed by atoms with Crippen LogP contribution in [0.1, 0.15) is 24.0 Å². The van der Waals surface area contributed by atoms with Crippen LogP contribution >= 0.6 is 0 Å². The Morgan fingerprint density at radius 1 is 1.04 bits per heavy atom. The van der Waals surface area contributed by atoms with Gasteiger partial charge in [-0.3, -0.25) is 4.99 Å². The Kier molecular flexibility index (Phi) is 3.29. The van der Waals surface area contributed by atoms with E-state index in [1.54, 1.807) is 13.3 Å². The largest absolute Gasteiger partial charge is 0.493 e. The summed E-state index contributed by atoms with van der Waals surface area (Å²) in [5.74, 6) is 0.865. The zero-order valence-corrected chi connectivity index (χ0v) is 15.2. The highest BCUT2D eigenvalue weighted by atomic mass is 16.5. The lowest BCUT2D eigenvalue weighted by molar-refractivity contribution is 0.0871. The van der Waals surface area contributed by atoms with Crippen LogP contribution in [0.15, 0.2) is 46.4 Å². The van der Waals surface area contributed by atoms with E-state index in [1.807, 2.05) is 18.2 Å². The van der Waals surface area contributed by atoms with Crippen molar-refractivity contribution in [2.45, 2.75) is 18.4 Å². The molecule has 5 rings (SSSR count). The van der Waals surface area contributed by atoms with Crippen molar-refractivity contribution in [3.05, 3.63) is 47.5 Å². The summed E-state index contributed by atoms with van der Waals surface area (Å²) >= 11 is 0. The Labute approximate surface area is 157 Å². The second-order valence-electron chi connectivity index (χ2n) is 7.61. The monoisotopic (exact) mass is 362 g/mol. The van der Waals surface area contributed by atoms with Gasteiger partial charge in [-0.05, 0) is 48.2 Å². The average molecular weight is 362 g/mol. The fourth-order valence-electron chi connectivity index (χ4n) is 4.33. The van der Waals surface area contributed by atoms with Crippen molar-refractivity contribution >= 4 is 17.9 Å². The molecule has 6 heteroatoms. The standard InChI is InChI=1S/C21H22N4O2/c1-24-10-15-8-13(2-4-17(15)22)14-3-5-18-16(9-14)21(12-27-19(23)25-21)20(6-7-20)11-26-18/h2-5,8-10H,6-7,11-12,22H2,1H3,(H2,23,25). The predicted octanol–water partition coefficient (Wildman–Crippen LogP) is 2.70. The topological polar surface area (TPSA) is 95.2 Å². The van der Waals surface area contributed by atoms with Gasteiger partial charge in [0.1, 0.15) is 17.9 Å². The van der Waals surface area contributed by atoms with E-state index in [0.717, 1.165) is 40.8 Å². The second-order valence-corrected chi connectivity index (χ2v) is 7.61. The number of amidine groups is 1. The van der Waals surface area contributed by atoms with E-state index in [1.165, 1.54) is 0 Å². The van der Waals surface area contributed by atoms with Crippen molar-refractivity contribution in [3.8, 4) is 16.9 Å². The summed E-state index contributed by atoms with van der Waals surface area (Å²) in [6.07, 6.45) is 3.93. The van der Waals surface area contributed by atoms with Crippen LogP contribution in [0, 0.1) is 5.41 Å². The van der Waals surface area contributed by atoms with Crippen LogP contribution in [-0.4, -0.2) is 32.5 Å². The highest BCUT2D eigenvalue weighted by molar-refractivity contribution is 5.89. The first-order chi connectivity index (χ1) is 13.1. The summed E-state index contributed by atoms with van der Waals surface area (Å²) in [4.78, 5) is 8.88. The van der Waals surface area contributed by atoms with E-state index in [2.05, 4.69) is 23.2 Å². The molecule has 1 fully saturated rings. The minimum absolute atomic E-state index is 0.000881. The number of nitrogens with two attached hydrogens (primary N) is 2. The van der Waals surface area contributed by atoms with E-state index in [9.17, 15) is 0 Å². The first-order valence-corrected chi connectivity index (χ1v) is 9.14. The zero-order chi connectivity index (χ0) is 18.6. The molecule has 27 heavy (non-hydrogen) atoms. The van der Waals surface area contributed by atoms with E-state index >= 15 is 0 Å². The molecule has 0 saturated heterocycles. The van der Waals surface area contributed by atoms with E-state index in [4.69, 9.17) is 25.9 Å². The van der Waals surface area contributed by atoms with Crippen LogP contribution < -0.4 is 16.2 Å². The van der Waals surface area contributed by atoms with Crippen molar-refractivity contribution in [1.29, 1.82) is 0 Å². The number of anilines is 1. The summed E-state index contributed by atoms with van der Waals surface area (Å²) < 4.78 is 11.7. The summed E-state index contributed by atoms with van der Waals surface area (Å²) in [7, 11) is 1.74. The van der Waals surface area contributed by atoms with Gasteiger partial charge < -0.3 is 20.9 Å². The minimum atomic E-state index is -0.442. The number of nitrogen functional groups attached to an aromatic ring is 1. The highest BCUT2D eigenvalue weighted by Gasteiger charge is 2.66. The van der Waals surface area contributed by atoms with E-state index in [0.29, 0.717) is 18.9 Å². The zero-order valence-electron chi connectivity index (χ0n) is 15.2. The summed E-state index contributed by atoms with van der Waals surface area (Å²) in [5, 5.41) is 0. The lowest BCUT2D eigenvalue weighted by Crippen LogP contribution is -2.44. The molecule has 4 N–H and O–H groups in total. The van der Waals surface area contributed by atoms with E-state index < -0.39 is 5.54 Å². The number of ether oxygens (including phenoxy) is 2. The molecule has 0 radical (unpaired) electrons. The van der Waals surface area contributed by atoms with Gasteiger partial charge in [0.15, 0.2) is 0 Å². The van der Waals surface area contributed by atoms with Gasteiger partial charge in [0.05, 0.1) is 6.61 Å². The maximum atomic E-state index is 6.09. The first kappa shape index (κ1) is 16.2. The quantitative estimate of drug-likeness (QED) is 0.634. The fraction of sp³-hybridized carbons (Fsp3) is 0.333. The Balaban J connectivity index is 1.65. The second kappa shape index (κ2) is 5.49. The predicted molar refractivity (Wildman–Crippen MR) is 106 cm³/mol. The highest BCUT2D eigenvalue weighted by Crippen LogP contribution is 2.65. The van der Waals surface area contributed by atoms with Gasteiger partial charge in [0.25, 0.3) is 6.02 Å². The third-order valence-electron chi connectivity index (χ3n) is 6.08. The van der Waals surface area contributed by atoms with Gasteiger partial charge >= 0.3 is 0 Å². The van der Waals surface area contributed by atoms with E-state index in [-0.39, 0.29) is 11.4 Å². The van der Waals surface area contributed by atoms with Gasteiger partial charge in [-0.25, -0.2) is 4.99 Å². The molecule has 2 spiro atoms. The number of aliphatic imine (C=N–C) groups is 2. The molecule has 1 unspecified atom stereocenters. The van der Waals surface area contributed by atoms with Crippen molar-refractivity contribution in [1.82, 2.24) is 0 Å². The van der Waals surface area contributed by atoms with Crippen LogP contribution in [0.5, 0.6) is 5.75 Å². The molecule has 0 aromatic heterocycles. The van der Waals surface area contributed by atoms with Gasteiger partial charge in [-0.2, -0.15) is 0 Å². The number of nitrogens with zero attached hydrogens (tertiary/aromatic N) is 2. The van der Waals surface area contributed by atoms with Gasteiger partial charge in [0.2, 0.25) is 0 Å². The summed E-state index contributed by atoms with van der Waals surface area (Å²) in [6, 6.07) is 12.5. The number of fused-ring (bicyclic) bond motifs is 3. The Morgan fingerprint density at radius 2 is 1.81 bits per heavy atom. The molecule has 2 heterocycles. The smallest absolute Gasteiger partial charge is 0.283 e. The average Bonchev–Trinajstić information content (AvgIpc) is 3.36. The molecule has 0 bridgehead atoms. The van der Waals surface area contributed by atoms with Crippen LogP contribution in [0.4, 0.5) is 5.69 Å². The molecule has 2 aliphatic heterocycles. The maximum absolute atomic E-state index is 6.09. The normalized spacial score (nSPS) is 24.6. The van der Waals surface area contributed by atoms with Crippen molar-refractivity contribution in [3.63, 3.8) is 0 Å². The number of rotatable bonds is 2. The molecule has 1 aliphatic carbocycles. The van der Waals surface area contributed by atoms with Crippen LogP contribution in [0.25, 0.3) is 11.1 Å². The van der Waals surface area contributed by atoms with Crippen LogP contribution in [-0.2, 0) is 10.3 Å². The Bertz CT molecular complexity index is 994. The lowest BCUT2D eigenvalue weighted by Gasteiger charge is -2.39. The van der Waals surface area contributed by atoms with Crippen molar-refractivity contribution in [2.75, 3.05) is 26.0 Å². The maximum Gasteiger partial charge on any atom is 0.283 e. The Morgan fingerprint density at radius 3 is 2.52 bits per heavy atom. The molecule has 1 atom stereocenters. The third-order valence-corrected chi connectivity index (χ3v) is 6.08. The molecule has 2 aromatic carbocycles. The molecule has 1 saturated carbocycles. The van der Waals surface area contributed by atoms with Gasteiger partial charge in [-0.1, -0.05) is 12.1 Å². The first-order valence-electron chi connectivity index (χ1n) is 9.14. The number of hydrogen-bond donors (Lipinski definition) is 2. The SMILES string of the molecule is CN=Cc1cc(-c2ccc3c(c2)C2(COC(N)=N2)C2(CC2)CO3)ccc1N. The van der Waals surface area contributed by atoms with Gasteiger partial charge in [0, 0.05) is 35.5 Å². The van der Waals surface area contributed by atoms with Gasteiger partial charge in [-0.15, -0.1) is 0 Å². The summed E-state index contributed by atoms with van der Waals surface area (Å²) in [6.45, 7) is 1.15. The molecule has 2 aromatic rings. The lowest BCUT2D eigenvalue weighted by atomic mass is 9.74. The minimum Gasteiger partial charge on any atom is -0.493 e. The summed E-state index contributed by atoms with van der Waals surface area (Å²) in [5.41, 5.74) is 16.4. The molecule has 138 valence electrons. The van der Waals surface area contributed by atoms with Crippen LogP contribution in [0.3, 0.4) is 0 Å². The number of hydrogen-bond acceptors (Lipinski definition) is 6. The molecule has 6 nitrogen and oxygen atoms in total. The third kappa shape index (κ3) is 2.25. The van der Waals surface area contributed by atoms with Crippen LogP contribution in [0.2, 0.25) is 0 Å². The molecule has 0 amide bonds.